The number of nitrogens with one attached hydrogen (secondary N) is 1. The summed E-state index contributed by atoms with van der Waals surface area (Å²) in [6.45, 7) is 0.737. The quantitative estimate of drug-likeness (QED) is 0.713. The van der Waals surface area contributed by atoms with Crippen LogP contribution in [0.15, 0.2) is 22.7 Å². The Kier molecular flexibility index (Phi) is 6.11. The van der Waals surface area contributed by atoms with Gasteiger partial charge in [0.25, 0.3) is 5.91 Å². The van der Waals surface area contributed by atoms with Crippen molar-refractivity contribution in [3.05, 3.63) is 28.2 Å². The van der Waals surface area contributed by atoms with Gasteiger partial charge in [-0.1, -0.05) is 35.2 Å². The largest absolute Gasteiger partial charge is 0.496 e. The first-order valence-corrected chi connectivity index (χ1v) is 9.19. The molecule has 1 aliphatic carbocycles. The zero-order valence-corrected chi connectivity index (χ0v) is 15.4. The van der Waals surface area contributed by atoms with Crippen LogP contribution >= 0.6 is 31.9 Å². The van der Waals surface area contributed by atoms with Crippen LogP contribution in [-0.4, -0.2) is 24.9 Å². The van der Waals surface area contributed by atoms with E-state index in [9.17, 15) is 4.79 Å². The van der Waals surface area contributed by atoms with E-state index in [1.807, 2.05) is 0 Å². The van der Waals surface area contributed by atoms with Crippen molar-refractivity contribution in [3.63, 3.8) is 0 Å². The molecule has 1 N–H and O–H groups in total. The molecule has 3 nitrogen and oxygen atoms in total. The second-order valence-corrected chi connectivity index (χ2v) is 7.14. The molecule has 1 saturated carbocycles. The van der Waals surface area contributed by atoms with Gasteiger partial charge in [-0.15, -0.1) is 0 Å². The molecule has 116 valence electrons. The Hall–Kier alpha value is -0.550. The van der Waals surface area contributed by atoms with Gasteiger partial charge >= 0.3 is 0 Å². The summed E-state index contributed by atoms with van der Waals surface area (Å²) < 4.78 is 5.98. The van der Waals surface area contributed by atoms with E-state index in [1.54, 1.807) is 25.3 Å². The van der Waals surface area contributed by atoms with Crippen LogP contribution in [0, 0.1) is 5.41 Å². The van der Waals surface area contributed by atoms with E-state index in [4.69, 9.17) is 4.74 Å². The maximum atomic E-state index is 12.3. The Morgan fingerprint density at radius 1 is 1.33 bits per heavy atom. The number of hydrogen-bond donors (Lipinski definition) is 1. The molecule has 1 aromatic rings. The molecule has 0 unspecified atom stereocenters. The molecule has 2 rings (SSSR count). The lowest BCUT2D eigenvalue weighted by Crippen LogP contribution is -2.40. The van der Waals surface area contributed by atoms with Gasteiger partial charge in [0.15, 0.2) is 0 Å². The minimum absolute atomic E-state index is 0.0238. The number of ether oxygens (including phenoxy) is 1. The van der Waals surface area contributed by atoms with Crippen LogP contribution in [0.25, 0.3) is 0 Å². The minimum Gasteiger partial charge on any atom is -0.496 e. The van der Waals surface area contributed by atoms with E-state index in [-0.39, 0.29) is 11.3 Å². The molecule has 5 heteroatoms. The minimum atomic E-state index is -0.0238. The van der Waals surface area contributed by atoms with Gasteiger partial charge in [-0.3, -0.25) is 4.79 Å². The molecule has 1 aromatic carbocycles. The topological polar surface area (TPSA) is 38.3 Å². The first kappa shape index (κ1) is 16.8. The molecule has 0 spiro atoms. The van der Waals surface area contributed by atoms with Gasteiger partial charge in [0.2, 0.25) is 0 Å². The van der Waals surface area contributed by atoms with Gasteiger partial charge in [0, 0.05) is 17.4 Å². The highest BCUT2D eigenvalue weighted by atomic mass is 79.9. The number of carbonyl (C=O) groups is 1. The second-order valence-electron chi connectivity index (χ2n) is 5.73. The average molecular weight is 419 g/mol. The summed E-state index contributed by atoms with van der Waals surface area (Å²) in [5.74, 6) is 0.708. The summed E-state index contributed by atoms with van der Waals surface area (Å²) in [5, 5.41) is 4.05. The molecule has 1 aliphatic rings. The van der Waals surface area contributed by atoms with Gasteiger partial charge < -0.3 is 10.1 Å². The number of rotatable bonds is 5. The van der Waals surface area contributed by atoms with Crippen molar-refractivity contribution in [3.8, 4) is 5.75 Å². The van der Waals surface area contributed by atoms with Crippen LogP contribution in [0.2, 0.25) is 0 Å². The van der Waals surface area contributed by atoms with Gasteiger partial charge in [-0.05, 0) is 52.4 Å². The summed E-state index contributed by atoms with van der Waals surface area (Å²) in [7, 11) is 1.61. The van der Waals surface area contributed by atoms with Gasteiger partial charge in [-0.25, -0.2) is 0 Å². The first-order valence-electron chi connectivity index (χ1n) is 7.28. The Labute approximate surface area is 143 Å². The molecule has 0 saturated heterocycles. The Bertz CT molecular complexity index is 499. The molecule has 1 fully saturated rings. The van der Waals surface area contributed by atoms with Crippen LogP contribution in [0.3, 0.4) is 0 Å². The Balaban J connectivity index is 1.99. The maximum absolute atomic E-state index is 12.3. The fourth-order valence-electron chi connectivity index (χ4n) is 2.84. The predicted octanol–water partition coefficient (Wildman–Crippen LogP) is 4.53. The standard InChI is InChI=1S/C16H21Br2NO2/c1-21-14-6-5-12(9-13(14)18)15(20)19-11-16(10-17)7-3-2-4-8-16/h5-6,9H,2-4,7-8,10-11H2,1H3,(H,19,20). The zero-order chi connectivity index (χ0) is 15.3. The van der Waals surface area contributed by atoms with E-state index in [1.165, 1.54) is 32.1 Å². The molecule has 0 heterocycles. The average Bonchev–Trinajstić information content (AvgIpc) is 2.53. The molecule has 0 atom stereocenters. The molecular formula is C16H21Br2NO2. The van der Waals surface area contributed by atoms with Gasteiger partial charge in [0.05, 0.1) is 11.6 Å². The highest BCUT2D eigenvalue weighted by Crippen LogP contribution is 2.37. The fraction of sp³-hybridized carbons (Fsp3) is 0.562. The van der Waals surface area contributed by atoms with Crippen LogP contribution in [0.1, 0.15) is 42.5 Å². The van der Waals surface area contributed by atoms with Crippen LogP contribution in [-0.2, 0) is 0 Å². The number of amides is 1. The van der Waals surface area contributed by atoms with Crippen molar-refractivity contribution in [2.24, 2.45) is 5.41 Å². The summed E-state index contributed by atoms with van der Waals surface area (Å²) in [4.78, 5) is 12.3. The Morgan fingerprint density at radius 2 is 2.05 bits per heavy atom. The van der Waals surface area contributed by atoms with Crippen LogP contribution in [0.4, 0.5) is 0 Å². The summed E-state index contributed by atoms with van der Waals surface area (Å²) in [5.41, 5.74) is 0.876. The summed E-state index contributed by atoms with van der Waals surface area (Å²) >= 11 is 7.04. The monoisotopic (exact) mass is 417 g/mol. The predicted molar refractivity (Wildman–Crippen MR) is 92.3 cm³/mol. The normalized spacial score (nSPS) is 17.3. The highest BCUT2D eigenvalue weighted by molar-refractivity contribution is 9.10. The van der Waals surface area contributed by atoms with E-state index >= 15 is 0 Å². The summed E-state index contributed by atoms with van der Waals surface area (Å²) in [6.07, 6.45) is 6.20. The van der Waals surface area contributed by atoms with E-state index in [0.717, 1.165) is 22.1 Å². The number of alkyl halides is 1. The first-order chi connectivity index (χ1) is 10.1. The van der Waals surface area contributed by atoms with E-state index in [0.29, 0.717) is 5.56 Å². The number of carbonyl (C=O) groups excluding carboxylic acids is 1. The van der Waals surface area contributed by atoms with Crippen molar-refractivity contribution in [1.82, 2.24) is 5.32 Å². The molecule has 0 aromatic heterocycles. The van der Waals surface area contributed by atoms with Crippen molar-refractivity contribution in [1.29, 1.82) is 0 Å². The summed E-state index contributed by atoms with van der Waals surface area (Å²) in [6, 6.07) is 5.40. The van der Waals surface area contributed by atoms with Crippen molar-refractivity contribution in [2.45, 2.75) is 32.1 Å². The molecule has 1 amide bonds. The lowest BCUT2D eigenvalue weighted by molar-refractivity contribution is 0.0922. The van der Waals surface area contributed by atoms with Crippen molar-refractivity contribution < 1.29 is 9.53 Å². The smallest absolute Gasteiger partial charge is 0.251 e. The number of benzene rings is 1. The second kappa shape index (κ2) is 7.63. The van der Waals surface area contributed by atoms with Gasteiger partial charge in [0.1, 0.15) is 5.75 Å². The molecule has 0 radical (unpaired) electrons. The molecule has 0 aliphatic heterocycles. The van der Waals surface area contributed by atoms with Gasteiger partial charge in [-0.2, -0.15) is 0 Å². The third-order valence-electron chi connectivity index (χ3n) is 4.24. The lowest BCUT2D eigenvalue weighted by atomic mass is 9.75. The highest BCUT2D eigenvalue weighted by Gasteiger charge is 2.31. The fourth-order valence-corrected chi connectivity index (χ4v) is 4.14. The number of hydrogen-bond acceptors (Lipinski definition) is 2. The molecule has 0 bridgehead atoms. The van der Waals surface area contributed by atoms with E-state index in [2.05, 4.69) is 37.2 Å². The SMILES string of the molecule is COc1ccc(C(=O)NCC2(CBr)CCCCC2)cc1Br. The third kappa shape index (κ3) is 4.22. The number of halogens is 2. The molecule has 21 heavy (non-hydrogen) atoms. The van der Waals surface area contributed by atoms with Crippen molar-refractivity contribution in [2.75, 3.05) is 19.0 Å². The third-order valence-corrected chi connectivity index (χ3v) is 6.04. The number of methoxy groups -OCH3 is 1. The lowest BCUT2D eigenvalue weighted by Gasteiger charge is -2.35. The maximum Gasteiger partial charge on any atom is 0.251 e. The molecular weight excluding hydrogens is 398 g/mol. The zero-order valence-electron chi connectivity index (χ0n) is 12.3. The van der Waals surface area contributed by atoms with Crippen molar-refractivity contribution >= 4 is 37.8 Å². The Morgan fingerprint density at radius 3 is 2.62 bits per heavy atom. The van der Waals surface area contributed by atoms with Crippen LogP contribution in [0.5, 0.6) is 5.75 Å². The van der Waals surface area contributed by atoms with E-state index < -0.39 is 0 Å². The van der Waals surface area contributed by atoms with Crippen LogP contribution < -0.4 is 10.1 Å².